The minimum atomic E-state index is -3.74. The van der Waals surface area contributed by atoms with Gasteiger partial charge in [-0.2, -0.15) is 0 Å². The van der Waals surface area contributed by atoms with Gasteiger partial charge in [0.1, 0.15) is 12.6 Å². The van der Waals surface area contributed by atoms with Gasteiger partial charge in [-0.1, -0.05) is 57.8 Å². The van der Waals surface area contributed by atoms with E-state index in [2.05, 4.69) is 37.2 Å². The van der Waals surface area contributed by atoms with Crippen LogP contribution in [0.15, 0.2) is 57.5 Å². The van der Waals surface area contributed by atoms with Gasteiger partial charge < -0.3 is 10.2 Å². The van der Waals surface area contributed by atoms with Crippen LogP contribution >= 0.6 is 31.9 Å². The van der Waals surface area contributed by atoms with Gasteiger partial charge in [0.25, 0.3) is 0 Å². The first kappa shape index (κ1) is 27.3. The maximum absolute atomic E-state index is 13.4. The van der Waals surface area contributed by atoms with Crippen molar-refractivity contribution in [2.24, 2.45) is 5.92 Å². The standard InChI is InChI=1S/C23H29Br2N3O4S/c1-16(2)13-26-23(30)17(3)27(14-18-5-7-19(24)8-6-18)22(29)15-28(33(4,31)32)21-11-9-20(25)10-12-21/h5-12,16-17H,13-15H2,1-4H3,(H,26,30)/t17-/m0/s1. The Kier molecular flexibility index (Phi) is 9.93. The molecule has 0 aromatic heterocycles. The summed E-state index contributed by atoms with van der Waals surface area (Å²) in [5.41, 5.74) is 1.19. The number of rotatable bonds is 10. The lowest BCUT2D eigenvalue weighted by Gasteiger charge is -2.31. The lowest BCUT2D eigenvalue weighted by Crippen LogP contribution is -2.51. The van der Waals surface area contributed by atoms with Crippen molar-refractivity contribution < 1.29 is 18.0 Å². The molecule has 1 atom stereocenters. The highest BCUT2D eigenvalue weighted by Gasteiger charge is 2.30. The van der Waals surface area contributed by atoms with Crippen molar-refractivity contribution >= 4 is 59.4 Å². The number of amides is 2. The highest BCUT2D eigenvalue weighted by Crippen LogP contribution is 2.22. The first-order chi connectivity index (χ1) is 15.4. The van der Waals surface area contributed by atoms with Crippen molar-refractivity contribution in [3.8, 4) is 0 Å². The third kappa shape index (κ3) is 8.42. The Morgan fingerprint density at radius 1 is 0.939 bits per heavy atom. The summed E-state index contributed by atoms with van der Waals surface area (Å²) >= 11 is 6.72. The molecule has 0 saturated carbocycles. The Hall–Kier alpha value is -1.91. The number of hydrogen-bond donors (Lipinski definition) is 1. The Bertz CT molecular complexity index is 1060. The van der Waals surface area contributed by atoms with Crippen molar-refractivity contribution in [2.75, 3.05) is 23.7 Å². The number of carbonyl (C=O) groups is 2. The van der Waals surface area contributed by atoms with E-state index in [1.807, 2.05) is 38.1 Å². The zero-order chi connectivity index (χ0) is 24.8. The molecule has 2 rings (SSSR count). The summed E-state index contributed by atoms with van der Waals surface area (Å²) in [5.74, 6) is -0.503. The van der Waals surface area contributed by atoms with Crippen LogP contribution in [0.1, 0.15) is 26.3 Å². The molecule has 0 aliphatic rings. The van der Waals surface area contributed by atoms with Crippen molar-refractivity contribution in [2.45, 2.75) is 33.4 Å². The lowest BCUT2D eigenvalue weighted by atomic mass is 10.1. The molecule has 2 amide bonds. The van der Waals surface area contributed by atoms with Gasteiger partial charge >= 0.3 is 0 Å². The normalized spacial score (nSPS) is 12.3. The fourth-order valence-electron chi connectivity index (χ4n) is 3.04. The molecule has 2 aromatic carbocycles. The van der Waals surface area contributed by atoms with Crippen molar-refractivity contribution in [1.82, 2.24) is 10.2 Å². The molecule has 33 heavy (non-hydrogen) atoms. The first-order valence-corrected chi connectivity index (χ1v) is 13.9. The molecule has 0 saturated heterocycles. The Morgan fingerprint density at radius 2 is 1.45 bits per heavy atom. The minimum absolute atomic E-state index is 0.167. The number of nitrogens with zero attached hydrogens (tertiary/aromatic N) is 2. The molecule has 0 aliphatic carbocycles. The summed E-state index contributed by atoms with van der Waals surface area (Å²) < 4.78 is 27.8. The van der Waals surface area contributed by atoms with Crippen LogP contribution in [0.5, 0.6) is 0 Å². The number of carbonyl (C=O) groups excluding carboxylic acids is 2. The average Bonchev–Trinajstić information content (AvgIpc) is 2.74. The van der Waals surface area contributed by atoms with Gasteiger partial charge in [0.2, 0.25) is 21.8 Å². The number of sulfonamides is 1. The molecule has 180 valence electrons. The molecule has 0 fully saturated rings. The van der Waals surface area contributed by atoms with Crippen molar-refractivity contribution in [3.05, 3.63) is 63.0 Å². The van der Waals surface area contributed by atoms with E-state index in [-0.39, 0.29) is 18.4 Å². The molecule has 10 heteroatoms. The smallest absolute Gasteiger partial charge is 0.244 e. The highest BCUT2D eigenvalue weighted by atomic mass is 79.9. The van der Waals surface area contributed by atoms with E-state index in [9.17, 15) is 18.0 Å². The first-order valence-electron chi connectivity index (χ1n) is 10.4. The maximum Gasteiger partial charge on any atom is 0.244 e. The van der Waals surface area contributed by atoms with Gasteiger partial charge in [0.05, 0.1) is 11.9 Å². The van der Waals surface area contributed by atoms with Crippen LogP contribution in [0.2, 0.25) is 0 Å². The van der Waals surface area contributed by atoms with Gasteiger partial charge in [0.15, 0.2) is 0 Å². The molecule has 1 N–H and O–H groups in total. The fourth-order valence-corrected chi connectivity index (χ4v) is 4.42. The zero-order valence-electron chi connectivity index (χ0n) is 19.1. The monoisotopic (exact) mass is 601 g/mol. The number of anilines is 1. The van der Waals surface area contributed by atoms with E-state index >= 15 is 0 Å². The van der Waals surface area contributed by atoms with Gasteiger partial charge in [-0.15, -0.1) is 0 Å². The summed E-state index contributed by atoms with van der Waals surface area (Å²) in [7, 11) is -3.74. The van der Waals surface area contributed by atoms with Crippen LogP contribution in [-0.2, 0) is 26.2 Å². The van der Waals surface area contributed by atoms with E-state index in [0.717, 1.165) is 25.1 Å². The van der Waals surface area contributed by atoms with E-state index < -0.39 is 28.5 Å². The molecule has 0 spiro atoms. The lowest BCUT2D eigenvalue weighted by molar-refractivity contribution is -0.139. The van der Waals surface area contributed by atoms with Crippen LogP contribution in [0, 0.1) is 5.92 Å². The molecule has 0 bridgehead atoms. The van der Waals surface area contributed by atoms with Gasteiger partial charge in [0, 0.05) is 22.0 Å². The van der Waals surface area contributed by atoms with Gasteiger partial charge in [-0.25, -0.2) is 8.42 Å². The Labute approximate surface area is 212 Å². The average molecular weight is 603 g/mol. The second kappa shape index (κ2) is 12.0. The van der Waals surface area contributed by atoms with E-state index in [1.165, 1.54) is 4.90 Å². The zero-order valence-corrected chi connectivity index (χ0v) is 23.1. The number of nitrogens with one attached hydrogen (secondary N) is 1. The number of hydrogen-bond acceptors (Lipinski definition) is 4. The van der Waals surface area contributed by atoms with Crippen molar-refractivity contribution in [3.63, 3.8) is 0 Å². The van der Waals surface area contributed by atoms with Gasteiger partial charge in [-0.3, -0.25) is 13.9 Å². The molecular weight excluding hydrogens is 574 g/mol. The van der Waals surface area contributed by atoms with E-state index in [0.29, 0.717) is 12.2 Å². The fraction of sp³-hybridized carbons (Fsp3) is 0.391. The molecular formula is C23H29Br2N3O4S. The number of halogens is 2. The van der Waals surface area contributed by atoms with Crippen LogP contribution in [-0.4, -0.2) is 50.5 Å². The largest absolute Gasteiger partial charge is 0.354 e. The maximum atomic E-state index is 13.4. The molecule has 0 heterocycles. The third-order valence-electron chi connectivity index (χ3n) is 4.91. The Morgan fingerprint density at radius 3 is 1.94 bits per heavy atom. The van der Waals surface area contributed by atoms with E-state index in [4.69, 9.17) is 0 Å². The SMILES string of the molecule is CC(C)CNC(=O)[C@H](C)N(Cc1ccc(Br)cc1)C(=O)CN(c1ccc(Br)cc1)S(C)(=O)=O. The second-order valence-corrected chi connectivity index (χ2v) is 11.9. The Balaban J connectivity index is 2.34. The van der Waals surface area contributed by atoms with Crippen LogP contribution in [0.3, 0.4) is 0 Å². The third-order valence-corrected chi connectivity index (χ3v) is 7.11. The summed E-state index contributed by atoms with van der Waals surface area (Å²) in [6, 6.07) is 13.3. The van der Waals surface area contributed by atoms with E-state index in [1.54, 1.807) is 31.2 Å². The quantitative estimate of drug-likeness (QED) is 0.442. The second-order valence-electron chi connectivity index (χ2n) is 8.21. The van der Waals surface area contributed by atoms with Gasteiger partial charge in [-0.05, 0) is 54.8 Å². The van der Waals surface area contributed by atoms with Crippen LogP contribution < -0.4 is 9.62 Å². The molecule has 0 aliphatic heterocycles. The molecule has 0 unspecified atom stereocenters. The van der Waals surface area contributed by atoms with Crippen molar-refractivity contribution in [1.29, 1.82) is 0 Å². The van der Waals surface area contributed by atoms with Crippen LogP contribution in [0.25, 0.3) is 0 Å². The molecule has 7 nitrogen and oxygen atoms in total. The predicted molar refractivity (Wildman–Crippen MR) is 138 cm³/mol. The number of benzene rings is 2. The summed E-state index contributed by atoms with van der Waals surface area (Å²) in [6.45, 7) is 5.85. The topological polar surface area (TPSA) is 86.8 Å². The molecule has 0 radical (unpaired) electrons. The predicted octanol–water partition coefficient (Wildman–Crippen LogP) is 4.17. The summed E-state index contributed by atoms with van der Waals surface area (Å²) in [4.78, 5) is 27.6. The summed E-state index contributed by atoms with van der Waals surface area (Å²) in [5, 5.41) is 2.86. The highest BCUT2D eigenvalue weighted by molar-refractivity contribution is 9.10. The van der Waals surface area contributed by atoms with Crippen LogP contribution in [0.4, 0.5) is 5.69 Å². The molecule has 2 aromatic rings. The minimum Gasteiger partial charge on any atom is -0.354 e. The summed E-state index contributed by atoms with van der Waals surface area (Å²) in [6.07, 6.45) is 1.06.